The SMILES string of the molecule is O=C(C#Cc1ccccc1)N1CCCC(CNS(=O)(=O)c2cccs2)C1. The summed E-state index contributed by atoms with van der Waals surface area (Å²) in [7, 11) is -3.46. The van der Waals surface area contributed by atoms with Crippen LogP contribution in [-0.2, 0) is 14.8 Å². The molecule has 0 aliphatic carbocycles. The molecule has 1 unspecified atom stereocenters. The van der Waals surface area contributed by atoms with Crippen molar-refractivity contribution < 1.29 is 13.2 Å². The number of likely N-dealkylation sites (tertiary alicyclic amines) is 1. The third-order valence-corrected chi connectivity index (χ3v) is 7.04. The van der Waals surface area contributed by atoms with Gasteiger partial charge in [-0.15, -0.1) is 11.3 Å². The molecule has 136 valence electrons. The summed E-state index contributed by atoms with van der Waals surface area (Å²) in [4.78, 5) is 14.0. The Balaban J connectivity index is 1.56. The molecule has 1 aromatic heterocycles. The Morgan fingerprint density at radius 3 is 2.77 bits per heavy atom. The summed E-state index contributed by atoms with van der Waals surface area (Å²) >= 11 is 1.19. The molecule has 0 bridgehead atoms. The van der Waals surface area contributed by atoms with E-state index in [9.17, 15) is 13.2 Å². The average molecular weight is 389 g/mol. The van der Waals surface area contributed by atoms with Gasteiger partial charge < -0.3 is 4.90 Å². The molecule has 3 rings (SSSR count). The van der Waals surface area contributed by atoms with E-state index in [1.54, 1.807) is 22.4 Å². The van der Waals surface area contributed by atoms with Crippen LogP contribution < -0.4 is 4.72 Å². The number of rotatable bonds is 4. The van der Waals surface area contributed by atoms with Gasteiger partial charge in [-0.05, 0) is 42.3 Å². The maximum Gasteiger partial charge on any atom is 0.298 e. The van der Waals surface area contributed by atoms with Gasteiger partial charge in [0.1, 0.15) is 4.21 Å². The standard InChI is InChI=1S/C19H20N2O3S2/c22-18(11-10-16-6-2-1-3-7-16)21-12-4-8-17(15-21)14-20-26(23,24)19-9-5-13-25-19/h1-3,5-7,9,13,17,20H,4,8,12,14-15H2. The number of thiophene rings is 1. The summed E-state index contributed by atoms with van der Waals surface area (Å²) in [5.41, 5.74) is 0.804. The smallest absolute Gasteiger partial charge is 0.298 e. The lowest BCUT2D eigenvalue weighted by molar-refractivity contribution is -0.126. The number of hydrogen-bond acceptors (Lipinski definition) is 4. The highest BCUT2D eigenvalue weighted by Crippen LogP contribution is 2.19. The van der Waals surface area contributed by atoms with Crippen LogP contribution in [0.4, 0.5) is 0 Å². The molecule has 5 nitrogen and oxygen atoms in total. The third-order valence-electron chi connectivity index (χ3n) is 4.22. The normalized spacial score (nSPS) is 17.4. The predicted molar refractivity (Wildman–Crippen MR) is 102 cm³/mol. The number of nitrogens with one attached hydrogen (secondary N) is 1. The molecule has 2 heterocycles. The van der Waals surface area contributed by atoms with Crippen LogP contribution in [0.25, 0.3) is 0 Å². The van der Waals surface area contributed by atoms with Gasteiger partial charge in [-0.25, -0.2) is 13.1 Å². The van der Waals surface area contributed by atoms with Gasteiger partial charge in [0, 0.05) is 31.1 Å². The van der Waals surface area contributed by atoms with Crippen LogP contribution in [-0.4, -0.2) is 38.9 Å². The quantitative estimate of drug-likeness (QED) is 0.818. The lowest BCUT2D eigenvalue weighted by Crippen LogP contribution is -2.43. The molecule has 2 aromatic rings. The molecule has 1 saturated heterocycles. The van der Waals surface area contributed by atoms with Crippen LogP contribution in [0, 0.1) is 17.8 Å². The Morgan fingerprint density at radius 1 is 1.23 bits per heavy atom. The van der Waals surface area contributed by atoms with Gasteiger partial charge in [0.05, 0.1) is 0 Å². The molecule has 1 aromatic carbocycles. The molecule has 1 atom stereocenters. The first-order valence-electron chi connectivity index (χ1n) is 8.44. The van der Waals surface area contributed by atoms with Gasteiger partial charge in [0.2, 0.25) is 10.0 Å². The fourth-order valence-corrected chi connectivity index (χ4v) is 5.01. The van der Waals surface area contributed by atoms with Crippen molar-refractivity contribution in [1.29, 1.82) is 0 Å². The number of carbonyl (C=O) groups is 1. The van der Waals surface area contributed by atoms with Crippen molar-refractivity contribution in [2.75, 3.05) is 19.6 Å². The van der Waals surface area contributed by atoms with Gasteiger partial charge in [-0.3, -0.25) is 4.79 Å². The minimum Gasteiger partial charge on any atom is -0.332 e. The highest BCUT2D eigenvalue weighted by Gasteiger charge is 2.24. The Bertz CT molecular complexity index is 897. The molecule has 1 aliphatic heterocycles. The van der Waals surface area contributed by atoms with E-state index in [1.165, 1.54) is 11.3 Å². The summed E-state index contributed by atoms with van der Waals surface area (Å²) in [5, 5.41) is 1.74. The second-order valence-electron chi connectivity index (χ2n) is 6.16. The number of nitrogens with zero attached hydrogens (tertiary/aromatic N) is 1. The van der Waals surface area contributed by atoms with E-state index in [-0.39, 0.29) is 11.8 Å². The molecular weight excluding hydrogens is 368 g/mol. The fraction of sp³-hybridized carbons (Fsp3) is 0.316. The molecule has 1 aliphatic rings. The zero-order valence-electron chi connectivity index (χ0n) is 14.2. The highest BCUT2D eigenvalue weighted by molar-refractivity contribution is 7.91. The average Bonchev–Trinajstić information content (AvgIpc) is 3.21. The Kier molecular flexibility index (Phi) is 6.09. The van der Waals surface area contributed by atoms with Crippen LogP contribution in [0.3, 0.4) is 0 Å². The number of sulfonamides is 1. The topological polar surface area (TPSA) is 66.5 Å². The molecular formula is C19H20N2O3S2. The van der Waals surface area contributed by atoms with Crippen molar-refractivity contribution in [2.45, 2.75) is 17.1 Å². The largest absolute Gasteiger partial charge is 0.332 e. The Labute approximate surface area is 158 Å². The minimum atomic E-state index is -3.46. The maximum atomic E-state index is 12.3. The molecule has 7 heteroatoms. The van der Waals surface area contributed by atoms with Crippen molar-refractivity contribution in [3.63, 3.8) is 0 Å². The van der Waals surface area contributed by atoms with E-state index >= 15 is 0 Å². The zero-order valence-corrected chi connectivity index (χ0v) is 15.9. The predicted octanol–water partition coefficient (Wildman–Crippen LogP) is 2.32. The molecule has 1 amide bonds. The number of amides is 1. The Hall–Kier alpha value is -2.14. The minimum absolute atomic E-state index is 0.0981. The molecule has 1 fully saturated rings. The second-order valence-corrected chi connectivity index (χ2v) is 9.10. The van der Waals surface area contributed by atoms with Crippen LogP contribution in [0.2, 0.25) is 0 Å². The van der Waals surface area contributed by atoms with Gasteiger partial charge in [0.25, 0.3) is 5.91 Å². The number of hydrogen-bond donors (Lipinski definition) is 1. The lowest BCUT2D eigenvalue weighted by Gasteiger charge is -2.31. The lowest BCUT2D eigenvalue weighted by atomic mass is 9.98. The first-order chi connectivity index (χ1) is 12.5. The zero-order chi connectivity index (χ0) is 18.4. The molecule has 1 N–H and O–H groups in total. The van der Waals surface area contributed by atoms with Crippen LogP contribution in [0.5, 0.6) is 0 Å². The first kappa shape index (κ1) is 18.6. The third kappa shape index (κ3) is 4.94. The van der Waals surface area contributed by atoms with Gasteiger partial charge in [-0.1, -0.05) is 30.2 Å². The van der Waals surface area contributed by atoms with Crippen molar-refractivity contribution in [1.82, 2.24) is 9.62 Å². The molecule has 0 saturated carbocycles. The first-order valence-corrected chi connectivity index (χ1v) is 10.8. The maximum absolute atomic E-state index is 12.3. The van der Waals surface area contributed by atoms with E-state index in [4.69, 9.17) is 0 Å². The van der Waals surface area contributed by atoms with E-state index in [2.05, 4.69) is 16.6 Å². The summed E-state index contributed by atoms with van der Waals surface area (Å²) < 4.78 is 27.4. The van der Waals surface area contributed by atoms with Crippen LogP contribution >= 0.6 is 11.3 Å². The van der Waals surface area contributed by atoms with E-state index < -0.39 is 10.0 Å². The molecule has 0 radical (unpaired) electrons. The summed E-state index contributed by atoms with van der Waals surface area (Å²) in [6.45, 7) is 1.52. The summed E-state index contributed by atoms with van der Waals surface area (Å²) in [6, 6.07) is 12.7. The van der Waals surface area contributed by atoms with Crippen LogP contribution in [0.1, 0.15) is 18.4 Å². The van der Waals surface area contributed by atoms with E-state index in [1.807, 2.05) is 30.3 Å². The van der Waals surface area contributed by atoms with Gasteiger partial charge >= 0.3 is 0 Å². The van der Waals surface area contributed by atoms with Crippen molar-refractivity contribution in [3.8, 4) is 11.8 Å². The molecule has 0 spiro atoms. The number of benzene rings is 1. The number of piperidine rings is 1. The highest BCUT2D eigenvalue weighted by atomic mass is 32.2. The fourth-order valence-electron chi connectivity index (χ4n) is 2.86. The number of carbonyl (C=O) groups excluding carboxylic acids is 1. The second kappa shape index (κ2) is 8.49. The van der Waals surface area contributed by atoms with E-state index in [0.717, 1.165) is 18.4 Å². The molecule has 26 heavy (non-hydrogen) atoms. The van der Waals surface area contributed by atoms with E-state index in [0.29, 0.717) is 23.8 Å². The summed E-state index contributed by atoms with van der Waals surface area (Å²) in [5.74, 6) is 5.45. The monoisotopic (exact) mass is 388 g/mol. The van der Waals surface area contributed by atoms with Gasteiger partial charge in [-0.2, -0.15) is 0 Å². The summed E-state index contributed by atoms with van der Waals surface area (Å²) in [6.07, 6.45) is 1.74. The van der Waals surface area contributed by atoms with Crippen molar-refractivity contribution >= 4 is 27.3 Å². The Morgan fingerprint density at radius 2 is 2.04 bits per heavy atom. The van der Waals surface area contributed by atoms with Crippen molar-refractivity contribution in [3.05, 3.63) is 53.4 Å². The van der Waals surface area contributed by atoms with Crippen LogP contribution in [0.15, 0.2) is 52.1 Å². The van der Waals surface area contributed by atoms with Gasteiger partial charge in [0.15, 0.2) is 0 Å². The van der Waals surface area contributed by atoms with Crippen molar-refractivity contribution in [2.24, 2.45) is 5.92 Å².